The number of rotatable bonds is 9. The zero-order valence-electron chi connectivity index (χ0n) is 11.5. The van der Waals surface area contributed by atoms with Gasteiger partial charge in [0.25, 0.3) is 0 Å². The third kappa shape index (κ3) is 9.87. The molecule has 0 aliphatic carbocycles. The van der Waals surface area contributed by atoms with Crippen molar-refractivity contribution in [1.29, 1.82) is 0 Å². The van der Waals surface area contributed by atoms with Gasteiger partial charge in [0.1, 0.15) is 0 Å². The van der Waals surface area contributed by atoms with Gasteiger partial charge in [-0.05, 0) is 13.3 Å². The summed E-state index contributed by atoms with van der Waals surface area (Å²) in [6.45, 7) is 7.05. The summed E-state index contributed by atoms with van der Waals surface area (Å²) in [5, 5.41) is 0. The SMILES string of the molecule is C=C(C)C(=O)OOC(=O)CCCCCCCCC. The maximum absolute atomic E-state index is 11.2. The first kappa shape index (κ1) is 16.7. The van der Waals surface area contributed by atoms with E-state index < -0.39 is 11.9 Å². The van der Waals surface area contributed by atoms with Crippen molar-refractivity contribution in [3.8, 4) is 0 Å². The Hall–Kier alpha value is -1.32. The molecule has 0 aromatic rings. The maximum Gasteiger partial charge on any atom is 0.381 e. The van der Waals surface area contributed by atoms with Gasteiger partial charge in [0, 0.05) is 5.57 Å². The van der Waals surface area contributed by atoms with Crippen molar-refractivity contribution in [3.63, 3.8) is 0 Å². The lowest BCUT2D eigenvalue weighted by molar-refractivity contribution is -0.255. The van der Waals surface area contributed by atoms with Crippen molar-refractivity contribution in [2.75, 3.05) is 0 Å². The molecule has 0 fully saturated rings. The highest BCUT2D eigenvalue weighted by Gasteiger charge is 2.09. The third-order valence-electron chi connectivity index (χ3n) is 2.54. The Kier molecular flexibility index (Phi) is 10.0. The molecule has 4 nitrogen and oxygen atoms in total. The molecule has 4 heteroatoms. The second-order valence-electron chi connectivity index (χ2n) is 4.48. The van der Waals surface area contributed by atoms with Crippen molar-refractivity contribution in [1.82, 2.24) is 0 Å². The normalized spacial score (nSPS) is 9.89. The summed E-state index contributed by atoms with van der Waals surface area (Å²) in [5.41, 5.74) is 0.207. The van der Waals surface area contributed by atoms with Crippen LogP contribution in [0.1, 0.15) is 65.2 Å². The van der Waals surface area contributed by atoms with Crippen LogP contribution in [-0.4, -0.2) is 11.9 Å². The van der Waals surface area contributed by atoms with E-state index in [-0.39, 0.29) is 12.0 Å². The second kappa shape index (κ2) is 10.8. The quantitative estimate of drug-likeness (QED) is 0.273. The molecule has 0 saturated heterocycles. The Labute approximate surface area is 109 Å². The van der Waals surface area contributed by atoms with E-state index in [0.29, 0.717) is 0 Å². The molecule has 18 heavy (non-hydrogen) atoms. The Bertz CT molecular complexity index is 271. The number of unbranched alkanes of at least 4 members (excludes halogenated alkanes) is 6. The van der Waals surface area contributed by atoms with Crippen molar-refractivity contribution in [2.45, 2.75) is 65.2 Å². The molecule has 0 radical (unpaired) electrons. The Morgan fingerprint density at radius 1 is 0.944 bits per heavy atom. The van der Waals surface area contributed by atoms with E-state index in [1.165, 1.54) is 32.6 Å². The van der Waals surface area contributed by atoms with Crippen LogP contribution in [-0.2, 0) is 19.4 Å². The van der Waals surface area contributed by atoms with Crippen molar-refractivity contribution >= 4 is 11.9 Å². The average Bonchev–Trinajstić information content (AvgIpc) is 2.34. The summed E-state index contributed by atoms with van der Waals surface area (Å²) in [6, 6.07) is 0. The first-order chi connectivity index (χ1) is 8.57. The molecular weight excluding hydrogens is 232 g/mol. The minimum atomic E-state index is -0.706. The first-order valence-corrected chi connectivity index (χ1v) is 6.65. The minimum Gasteiger partial charge on any atom is -0.247 e. The number of carbonyl (C=O) groups excluding carboxylic acids is 2. The maximum atomic E-state index is 11.2. The Balaban J connectivity index is 3.37. The molecule has 104 valence electrons. The van der Waals surface area contributed by atoms with E-state index in [9.17, 15) is 9.59 Å². The zero-order chi connectivity index (χ0) is 13.8. The second-order valence-corrected chi connectivity index (χ2v) is 4.48. The highest BCUT2D eigenvalue weighted by Crippen LogP contribution is 2.09. The molecular formula is C14H24O4. The Morgan fingerprint density at radius 3 is 2.06 bits per heavy atom. The van der Waals surface area contributed by atoms with Crippen LogP contribution in [0, 0.1) is 0 Å². The predicted molar refractivity (Wildman–Crippen MR) is 69.6 cm³/mol. The lowest BCUT2D eigenvalue weighted by Crippen LogP contribution is -2.11. The summed E-state index contributed by atoms with van der Waals surface area (Å²) in [6.07, 6.45) is 8.20. The molecule has 0 atom stereocenters. The molecule has 0 rings (SSSR count). The van der Waals surface area contributed by atoms with Crippen molar-refractivity contribution < 1.29 is 19.4 Å². The topological polar surface area (TPSA) is 52.6 Å². The molecule has 0 aliphatic rings. The van der Waals surface area contributed by atoms with Crippen LogP contribution in [0.3, 0.4) is 0 Å². The summed E-state index contributed by atoms with van der Waals surface area (Å²) in [7, 11) is 0. The predicted octanol–water partition coefficient (Wildman–Crippen LogP) is 3.70. The van der Waals surface area contributed by atoms with Gasteiger partial charge in [0.15, 0.2) is 0 Å². The van der Waals surface area contributed by atoms with Crippen LogP contribution < -0.4 is 0 Å². The summed E-state index contributed by atoms with van der Waals surface area (Å²) in [4.78, 5) is 30.7. The van der Waals surface area contributed by atoms with Crippen molar-refractivity contribution in [3.05, 3.63) is 12.2 Å². The van der Waals surface area contributed by atoms with E-state index in [1.807, 2.05) is 0 Å². The molecule has 0 aromatic heterocycles. The van der Waals surface area contributed by atoms with Gasteiger partial charge in [-0.3, -0.25) is 0 Å². The zero-order valence-corrected chi connectivity index (χ0v) is 11.5. The fourth-order valence-electron chi connectivity index (χ4n) is 1.42. The van der Waals surface area contributed by atoms with Crippen LogP contribution in [0.5, 0.6) is 0 Å². The Morgan fingerprint density at radius 2 is 1.50 bits per heavy atom. The van der Waals surface area contributed by atoms with E-state index >= 15 is 0 Å². The fourth-order valence-corrected chi connectivity index (χ4v) is 1.42. The molecule has 0 N–H and O–H groups in total. The summed E-state index contributed by atoms with van der Waals surface area (Å²) >= 11 is 0. The minimum absolute atomic E-state index is 0.207. The van der Waals surface area contributed by atoms with Crippen molar-refractivity contribution in [2.24, 2.45) is 0 Å². The molecule has 0 unspecified atom stereocenters. The van der Waals surface area contributed by atoms with Gasteiger partial charge >= 0.3 is 11.9 Å². The van der Waals surface area contributed by atoms with Gasteiger partial charge < -0.3 is 0 Å². The van der Waals surface area contributed by atoms with Gasteiger partial charge in [-0.25, -0.2) is 19.4 Å². The lowest BCUT2D eigenvalue weighted by Gasteiger charge is -2.03. The van der Waals surface area contributed by atoms with Crippen LogP contribution in [0.2, 0.25) is 0 Å². The van der Waals surface area contributed by atoms with Gasteiger partial charge in [-0.1, -0.05) is 52.0 Å². The number of hydrogen-bond acceptors (Lipinski definition) is 4. The van der Waals surface area contributed by atoms with Crippen LogP contribution in [0.25, 0.3) is 0 Å². The van der Waals surface area contributed by atoms with E-state index in [4.69, 9.17) is 0 Å². The lowest BCUT2D eigenvalue weighted by atomic mass is 10.1. The molecule has 0 saturated carbocycles. The molecule has 0 aromatic carbocycles. The van der Waals surface area contributed by atoms with Gasteiger partial charge in [0.2, 0.25) is 0 Å². The van der Waals surface area contributed by atoms with E-state index in [2.05, 4.69) is 23.3 Å². The molecule has 0 heterocycles. The molecule has 0 spiro atoms. The van der Waals surface area contributed by atoms with Crippen LogP contribution in [0.15, 0.2) is 12.2 Å². The molecule has 0 amide bonds. The highest BCUT2D eigenvalue weighted by molar-refractivity contribution is 5.87. The van der Waals surface area contributed by atoms with Crippen LogP contribution in [0.4, 0.5) is 0 Å². The van der Waals surface area contributed by atoms with E-state index in [1.54, 1.807) is 0 Å². The largest absolute Gasteiger partial charge is 0.381 e. The third-order valence-corrected chi connectivity index (χ3v) is 2.54. The molecule has 0 bridgehead atoms. The van der Waals surface area contributed by atoms with Gasteiger partial charge in [0.05, 0.1) is 6.42 Å². The van der Waals surface area contributed by atoms with Crippen LogP contribution >= 0.6 is 0 Å². The summed E-state index contributed by atoms with van der Waals surface area (Å²) in [5.74, 6) is -1.21. The first-order valence-electron chi connectivity index (χ1n) is 6.65. The highest BCUT2D eigenvalue weighted by atomic mass is 17.2. The average molecular weight is 256 g/mol. The van der Waals surface area contributed by atoms with Gasteiger partial charge in [-0.2, -0.15) is 0 Å². The molecule has 0 aliphatic heterocycles. The number of hydrogen-bond donors (Lipinski definition) is 0. The standard InChI is InChI=1S/C14H24O4/c1-4-5-6-7-8-9-10-11-13(15)17-18-14(16)12(2)3/h2,4-11H2,1,3H3. The fraction of sp³-hybridized carbons (Fsp3) is 0.714. The number of carbonyl (C=O) groups is 2. The monoisotopic (exact) mass is 256 g/mol. The smallest absolute Gasteiger partial charge is 0.247 e. The van der Waals surface area contributed by atoms with Gasteiger partial charge in [-0.15, -0.1) is 0 Å². The van der Waals surface area contributed by atoms with E-state index in [0.717, 1.165) is 19.3 Å². The summed E-state index contributed by atoms with van der Waals surface area (Å²) < 4.78 is 0.